The Labute approximate surface area is 167 Å². The number of para-hydroxylation sites is 1. The van der Waals surface area contributed by atoms with Gasteiger partial charge in [-0.2, -0.15) is 13.2 Å². The Morgan fingerprint density at radius 1 is 1.24 bits per heavy atom. The van der Waals surface area contributed by atoms with Crippen LogP contribution in [-0.2, 0) is 9.59 Å². The number of benzene rings is 1. The summed E-state index contributed by atoms with van der Waals surface area (Å²) >= 11 is 0. The Morgan fingerprint density at radius 3 is 2.62 bits per heavy atom. The quantitative estimate of drug-likeness (QED) is 0.723. The fraction of sp³-hybridized carbons (Fsp3) is 0.550. The predicted molar refractivity (Wildman–Crippen MR) is 100 cm³/mol. The third-order valence-corrected chi connectivity index (χ3v) is 5.67. The molecule has 1 saturated heterocycles. The molecule has 2 heterocycles. The zero-order chi connectivity index (χ0) is 21.4. The van der Waals surface area contributed by atoms with Crippen molar-refractivity contribution in [1.29, 1.82) is 0 Å². The van der Waals surface area contributed by atoms with Gasteiger partial charge in [-0.1, -0.05) is 12.1 Å². The van der Waals surface area contributed by atoms with Gasteiger partial charge >= 0.3 is 6.18 Å². The van der Waals surface area contributed by atoms with E-state index in [1.54, 1.807) is 34.1 Å². The molecule has 0 aromatic heterocycles. The normalized spacial score (nSPS) is 21.3. The van der Waals surface area contributed by atoms with Crippen LogP contribution in [-0.4, -0.2) is 59.5 Å². The van der Waals surface area contributed by atoms with Crippen LogP contribution in [0.3, 0.4) is 0 Å². The molecule has 3 rings (SSSR count). The molecule has 0 N–H and O–H groups in total. The van der Waals surface area contributed by atoms with Crippen LogP contribution in [0.15, 0.2) is 24.3 Å². The Hall–Kier alpha value is -2.58. The summed E-state index contributed by atoms with van der Waals surface area (Å²) in [6.07, 6.45) is -4.20. The molecule has 3 amide bonds. The van der Waals surface area contributed by atoms with Crippen molar-refractivity contribution in [2.45, 2.75) is 50.9 Å². The van der Waals surface area contributed by atoms with Crippen LogP contribution in [0, 0.1) is 0 Å². The van der Waals surface area contributed by atoms with Gasteiger partial charge in [0.05, 0.1) is 17.7 Å². The highest BCUT2D eigenvalue weighted by molar-refractivity contribution is 6.10. The summed E-state index contributed by atoms with van der Waals surface area (Å²) in [5.74, 6) is -0.657. The Morgan fingerprint density at radius 2 is 1.93 bits per heavy atom. The maximum Gasteiger partial charge on any atom is 0.390 e. The second-order valence-corrected chi connectivity index (χ2v) is 7.70. The summed E-state index contributed by atoms with van der Waals surface area (Å²) in [5, 5.41) is 0. The van der Waals surface area contributed by atoms with Gasteiger partial charge in [0.1, 0.15) is 5.66 Å². The molecule has 29 heavy (non-hydrogen) atoms. The van der Waals surface area contributed by atoms with Crippen molar-refractivity contribution in [3.63, 3.8) is 0 Å². The number of anilines is 1. The zero-order valence-corrected chi connectivity index (χ0v) is 16.5. The molecule has 2 aliphatic heterocycles. The maximum absolute atomic E-state index is 13.1. The number of rotatable bonds is 6. The molecule has 158 valence electrons. The van der Waals surface area contributed by atoms with Gasteiger partial charge in [0.25, 0.3) is 5.91 Å². The molecule has 0 saturated carbocycles. The van der Waals surface area contributed by atoms with Gasteiger partial charge in [-0.3, -0.25) is 19.3 Å². The first kappa shape index (κ1) is 21.1. The van der Waals surface area contributed by atoms with Crippen molar-refractivity contribution in [3.8, 4) is 0 Å². The molecule has 2 aliphatic rings. The highest BCUT2D eigenvalue weighted by Gasteiger charge is 2.52. The number of carbonyl (C=O) groups excluding carboxylic acids is 3. The molecular formula is C20H24F3N3O3. The molecule has 0 aliphatic carbocycles. The number of amides is 3. The van der Waals surface area contributed by atoms with Gasteiger partial charge in [0, 0.05) is 33.0 Å². The van der Waals surface area contributed by atoms with E-state index < -0.39 is 30.7 Å². The molecule has 6 nitrogen and oxygen atoms in total. The van der Waals surface area contributed by atoms with E-state index in [-0.39, 0.29) is 24.8 Å². The standard InChI is InChI=1S/C20H24F3N3O3/c1-19-10-9-17(28)26(19)15-7-4-3-6-14(15)18(29)25(19)12-5-8-16(27)24(2)13-11-20(21,22)23/h3-4,6-7H,5,8-13H2,1-2H3. The molecular weight excluding hydrogens is 387 g/mol. The number of halogens is 3. The molecule has 0 bridgehead atoms. The van der Waals surface area contributed by atoms with E-state index in [0.717, 1.165) is 4.90 Å². The highest BCUT2D eigenvalue weighted by Crippen LogP contribution is 2.44. The van der Waals surface area contributed by atoms with Crippen LogP contribution in [0.2, 0.25) is 0 Å². The van der Waals surface area contributed by atoms with Gasteiger partial charge < -0.3 is 9.80 Å². The predicted octanol–water partition coefficient (Wildman–Crippen LogP) is 3.18. The zero-order valence-electron chi connectivity index (χ0n) is 16.5. The minimum Gasteiger partial charge on any atom is -0.345 e. The van der Waals surface area contributed by atoms with Crippen molar-refractivity contribution in [1.82, 2.24) is 9.80 Å². The second-order valence-electron chi connectivity index (χ2n) is 7.70. The van der Waals surface area contributed by atoms with E-state index in [0.29, 0.717) is 30.5 Å². The topological polar surface area (TPSA) is 60.9 Å². The molecule has 1 fully saturated rings. The average molecular weight is 411 g/mol. The van der Waals surface area contributed by atoms with E-state index in [2.05, 4.69) is 0 Å². The van der Waals surface area contributed by atoms with Crippen molar-refractivity contribution in [2.75, 3.05) is 25.0 Å². The number of hydrogen-bond donors (Lipinski definition) is 0. The SMILES string of the molecule is CN(CCC(F)(F)F)C(=O)CCCN1C(=O)c2ccccc2N2C(=O)CCC12C. The molecule has 9 heteroatoms. The van der Waals surface area contributed by atoms with Crippen LogP contribution in [0.25, 0.3) is 0 Å². The summed E-state index contributed by atoms with van der Waals surface area (Å²) in [7, 11) is 1.34. The molecule has 1 unspecified atom stereocenters. The summed E-state index contributed by atoms with van der Waals surface area (Å²) in [5.41, 5.74) is 0.240. The first-order valence-electron chi connectivity index (χ1n) is 9.59. The number of fused-ring (bicyclic) bond motifs is 3. The number of nitrogens with zero attached hydrogens (tertiary/aromatic N) is 3. The van der Waals surface area contributed by atoms with E-state index in [4.69, 9.17) is 0 Å². The lowest BCUT2D eigenvalue weighted by atomic mass is 9.98. The molecule has 1 aromatic rings. The van der Waals surface area contributed by atoms with E-state index >= 15 is 0 Å². The van der Waals surface area contributed by atoms with E-state index in [1.807, 2.05) is 6.92 Å². The Kier molecular flexibility index (Phi) is 5.60. The fourth-order valence-electron chi connectivity index (χ4n) is 4.04. The van der Waals surface area contributed by atoms with E-state index in [1.165, 1.54) is 7.05 Å². The summed E-state index contributed by atoms with van der Waals surface area (Å²) in [4.78, 5) is 42.0. The Bertz CT molecular complexity index is 827. The lowest BCUT2D eigenvalue weighted by Crippen LogP contribution is -2.62. The van der Waals surface area contributed by atoms with Gasteiger partial charge in [0.2, 0.25) is 11.8 Å². The number of carbonyl (C=O) groups is 3. The smallest absolute Gasteiger partial charge is 0.345 e. The number of alkyl halides is 3. The van der Waals surface area contributed by atoms with Gasteiger partial charge in [0.15, 0.2) is 0 Å². The van der Waals surface area contributed by atoms with Gasteiger partial charge in [-0.05, 0) is 31.9 Å². The lowest BCUT2D eigenvalue weighted by molar-refractivity contribution is -0.144. The first-order valence-corrected chi connectivity index (χ1v) is 9.59. The summed E-state index contributed by atoms with van der Waals surface area (Å²) in [6, 6.07) is 6.94. The summed E-state index contributed by atoms with van der Waals surface area (Å²) < 4.78 is 37.0. The third kappa shape index (κ3) is 4.09. The largest absolute Gasteiger partial charge is 0.390 e. The number of hydrogen-bond acceptors (Lipinski definition) is 3. The average Bonchev–Trinajstić information content (AvgIpc) is 2.97. The molecule has 1 atom stereocenters. The lowest BCUT2D eigenvalue weighted by Gasteiger charge is -2.48. The van der Waals surface area contributed by atoms with Gasteiger partial charge in [-0.25, -0.2) is 0 Å². The second kappa shape index (κ2) is 7.68. The molecule has 0 spiro atoms. The molecule has 0 radical (unpaired) electrons. The fourth-order valence-corrected chi connectivity index (χ4v) is 4.04. The van der Waals surface area contributed by atoms with Crippen LogP contribution < -0.4 is 4.90 Å². The summed E-state index contributed by atoms with van der Waals surface area (Å²) in [6.45, 7) is 1.69. The van der Waals surface area contributed by atoms with Crippen LogP contribution >= 0.6 is 0 Å². The van der Waals surface area contributed by atoms with Crippen molar-refractivity contribution in [2.24, 2.45) is 0 Å². The van der Waals surface area contributed by atoms with Crippen LogP contribution in [0.1, 0.15) is 49.4 Å². The molecule has 1 aromatic carbocycles. The maximum atomic E-state index is 13.1. The first-order chi connectivity index (χ1) is 13.5. The van der Waals surface area contributed by atoms with Crippen LogP contribution in [0.4, 0.5) is 18.9 Å². The van der Waals surface area contributed by atoms with Crippen molar-refractivity contribution >= 4 is 23.4 Å². The monoisotopic (exact) mass is 411 g/mol. The van der Waals surface area contributed by atoms with Crippen LogP contribution in [0.5, 0.6) is 0 Å². The minimum absolute atomic E-state index is 0.0316. The van der Waals surface area contributed by atoms with Gasteiger partial charge in [-0.15, -0.1) is 0 Å². The highest BCUT2D eigenvalue weighted by atomic mass is 19.4. The van der Waals surface area contributed by atoms with E-state index in [9.17, 15) is 27.6 Å². The Balaban J connectivity index is 1.67. The minimum atomic E-state index is -4.31. The van der Waals surface area contributed by atoms with Crippen molar-refractivity contribution < 1.29 is 27.6 Å². The third-order valence-electron chi connectivity index (χ3n) is 5.67. The van der Waals surface area contributed by atoms with Crippen molar-refractivity contribution in [3.05, 3.63) is 29.8 Å².